The van der Waals surface area contributed by atoms with Gasteiger partial charge in [-0.1, -0.05) is 11.2 Å². The summed E-state index contributed by atoms with van der Waals surface area (Å²) in [6, 6.07) is 4.91. The van der Waals surface area contributed by atoms with Crippen molar-refractivity contribution in [2.24, 2.45) is 0 Å². The van der Waals surface area contributed by atoms with Crippen molar-refractivity contribution in [1.82, 2.24) is 15.1 Å². The van der Waals surface area contributed by atoms with E-state index < -0.39 is 0 Å². The zero-order chi connectivity index (χ0) is 13.8. The smallest absolute Gasteiger partial charge is 0.321 e. The Hall–Kier alpha value is -2.11. The molecule has 0 fully saturated rings. The molecule has 6 heteroatoms. The van der Waals surface area contributed by atoms with Gasteiger partial charge in [-0.05, 0) is 32.4 Å². The molecule has 6 nitrogen and oxygen atoms in total. The fourth-order valence-corrected chi connectivity index (χ4v) is 1.54. The number of nitrogens with zero attached hydrogens (tertiary/aromatic N) is 4. The van der Waals surface area contributed by atoms with Gasteiger partial charge in [-0.3, -0.25) is 0 Å². The summed E-state index contributed by atoms with van der Waals surface area (Å²) in [7, 11) is 2.03. The first-order valence-electron chi connectivity index (χ1n) is 6.28. The molecular formula is C13H19N5O. The van der Waals surface area contributed by atoms with E-state index >= 15 is 0 Å². The van der Waals surface area contributed by atoms with Crippen molar-refractivity contribution in [3.8, 4) is 0 Å². The normalized spacial score (nSPS) is 10.8. The minimum Gasteiger partial charge on any atom is -0.357 e. The van der Waals surface area contributed by atoms with Crippen LogP contribution in [0, 0.1) is 6.92 Å². The van der Waals surface area contributed by atoms with Crippen LogP contribution in [-0.4, -0.2) is 28.2 Å². The Morgan fingerprint density at radius 3 is 2.68 bits per heavy atom. The van der Waals surface area contributed by atoms with Crippen molar-refractivity contribution in [3.63, 3.8) is 0 Å². The first-order valence-corrected chi connectivity index (χ1v) is 6.28. The van der Waals surface area contributed by atoms with Crippen molar-refractivity contribution in [3.05, 3.63) is 29.7 Å². The van der Waals surface area contributed by atoms with Crippen molar-refractivity contribution in [1.29, 1.82) is 0 Å². The summed E-state index contributed by atoms with van der Waals surface area (Å²) < 4.78 is 4.98. The van der Waals surface area contributed by atoms with Gasteiger partial charge in [0.1, 0.15) is 5.82 Å². The molecule has 0 aromatic carbocycles. The number of aryl methyl sites for hydroxylation is 1. The summed E-state index contributed by atoms with van der Waals surface area (Å²) in [6.45, 7) is 6.66. The topological polar surface area (TPSA) is 67.1 Å². The van der Waals surface area contributed by atoms with Gasteiger partial charge in [0.25, 0.3) is 0 Å². The minimum absolute atomic E-state index is 0.429. The Morgan fingerprint density at radius 2 is 2.16 bits per heavy atom. The number of anilines is 2. The van der Waals surface area contributed by atoms with Crippen molar-refractivity contribution in [2.45, 2.75) is 33.4 Å². The molecule has 0 aliphatic carbocycles. The molecule has 1 N–H and O–H groups in total. The van der Waals surface area contributed by atoms with Crippen LogP contribution in [0.4, 0.5) is 11.8 Å². The van der Waals surface area contributed by atoms with Gasteiger partial charge in [-0.15, -0.1) is 0 Å². The van der Waals surface area contributed by atoms with E-state index in [9.17, 15) is 0 Å². The van der Waals surface area contributed by atoms with Gasteiger partial charge in [-0.2, -0.15) is 4.98 Å². The predicted molar refractivity (Wildman–Crippen MR) is 74.1 cm³/mol. The first kappa shape index (κ1) is 13.3. The monoisotopic (exact) mass is 261 g/mol. The van der Waals surface area contributed by atoms with E-state index in [1.165, 1.54) is 0 Å². The van der Waals surface area contributed by atoms with Crippen LogP contribution in [0.25, 0.3) is 0 Å². The Balaban J connectivity index is 1.95. The third kappa shape index (κ3) is 3.43. The number of hydrogen-bond donors (Lipinski definition) is 1. The van der Waals surface area contributed by atoms with E-state index in [2.05, 4.69) is 39.2 Å². The molecule has 102 valence electrons. The fraction of sp³-hybridized carbons (Fsp3) is 0.462. The molecule has 0 spiro atoms. The molecular weight excluding hydrogens is 242 g/mol. The second-order valence-electron chi connectivity index (χ2n) is 4.73. The molecule has 0 radical (unpaired) electrons. The van der Waals surface area contributed by atoms with Crippen LogP contribution < -0.4 is 10.2 Å². The number of rotatable bonds is 5. The van der Waals surface area contributed by atoms with Gasteiger partial charge in [-0.25, -0.2) is 4.98 Å². The molecule has 19 heavy (non-hydrogen) atoms. The zero-order valence-corrected chi connectivity index (χ0v) is 11.7. The lowest BCUT2D eigenvalue weighted by Crippen LogP contribution is -2.26. The van der Waals surface area contributed by atoms with E-state index in [1.807, 2.05) is 25.4 Å². The highest BCUT2D eigenvalue weighted by atomic mass is 16.5. The maximum atomic E-state index is 4.98. The number of nitrogens with one attached hydrogen (secondary N) is 1. The van der Waals surface area contributed by atoms with E-state index in [1.54, 1.807) is 6.92 Å². The van der Waals surface area contributed by atoms with E-state index in [0.717, 1.165) is 11.4 Å². The second kappa shape index (κ2) is 5.69. The molecule has 0 atom stereocenters. The summed E-state index contributed by atoms with van der Waals surface area (Å²) in [5.41, 5.74) is 1.07. The number of aromatic nitrogens is 3. The second-order valence-corrected chi connectivity index (χ2v) is 4.73. The van der Waals surface area contributed by atoms with Crippen LogP contribution in [0.1, 0.15) is 25.2 Å². The molecule has 0 bridgehead atoms. The largest absolute Gasteiger partial charge is 0.357 e. The van der Waals surface area contributed by atoms with E-state index in [-0.39, 0.29) is 0 Å². The van der Waals surface area contributed by atoms with Gasteiger partial charge < -0.3 is 14.7 Å². The van der Waals surface area contributed by atoms with E-state index in [0.29, 0.717) is 24.4 Å². The summed E-state index contributed by atoms with van der Waals surface area (Å²) in [4.78, 5) is 10.6. The maximum Gasteiger partial charge on any atom is 0.321 e. The summed E-state index contributed by atoms with van der Waals surface area (Å²) in [6.07, 6.45) is 1.85. The van der Waals surface area contributed by atoms with Gasteiger partial charge in [0, 0.05) is 25.8 Å². The lowest BCUT2D eigenvalue weighted by atomic mass is 10.2. The molecule has 2 heterocycles. The molecule has 0 aliphatic heterocycles. The highest BCUT2D eigenvalue weighted by Gasteiger charge is 2.06. The van der Waals surface area contributed by atoms with Crippen LogP contribution in [0.5, 0.6) is 0 Å². The Labute approximate surface area is 112 Å². The van der Waals surface area contributed by atoms with Crippen LogP contribution in [-0.2, 0) is 6.54 Å². The van der Waals surface area contributed by atoms with Crippen molar-refractivity contribution >= 4 is 11.8 Å². The number of hydrogen-bond acceptors (Lipinski definition) is 6. The molecule has 2 rings (SSSR count). The molecule has 2 aromatic rings. The van der Waals surface area contributed by atoms with Crippen molar-refractivity contribution < 1.29 is 4.52 Å². The molecule has 0 aliphatic rings. The van der Waals surface area contributed by atoms with Gasteiger partial charge in [0.2, 0.25) is 0 Å². The van der Waals surface area contributed by atoms with Crippen LogP contribution in [0.2, 0.25) is 0 Å². The minimum atomic E-state index is 0.429. The highest BCUT2D eigenvalue weighted by molar-refractivity contribution is 5.39. The average Bonchev–Trinajstić information content (AvgIpc) is 2.82. The predicted octanol–water partition coefficient (Wildman–Crippen LogP) is 2.23. The maximum absolute atomic E-state index is 4.98. The van der Waals surface area contributed by atoms with E-state index in [4.69, 9.17) is 4.52 Å². The molecule has 0 amide bonds. The lowest BCUT2D eigenvalue weighted by Gasteiger charge is -2.22. The van der Waals surface area contributed by atoms with Crippen LogP contribution >= 0.6 is 0 Å². The molecule has 2 aromatic heterocycles. The average molecular weight is 261 g/mol. The highest BCUT2D eigenvalue weighted by Crippen LogP contribution is 2.13. The molecule has 0 saturated heterocycles. The Morgan fingerprint density at radius 1 is 1.37 bits per heavy atom. The quantitative estimate of drug-likeness (QED) is 0.890. The van der Waals surface area contributed by atoms with Gasteiger partial charge in [0.15, 0.2) is 5.82 Å². The number of pyridine rings is 1. The molecule has 0 unspecified atom stereocenters. The lowest BCUT2D eigenvalue weighted by molar-refractivity contribution is 0.425. The fourth-order valence-electron chi connectivity index (χ4n) is 1.54. The summed E-state index contributed by atoms with van der Waals surface area (Å²) in [5.74, 6) is 1.59. The Kier molecular flexibility index (Phi) is 3.99. The standard InChI is InChI=1S/C13H19N5O/c1-9(2)18(4)12-6-5-11(7-14-12)8-15-13-16-10(3)17-19-13/h5-7,9H,8H2,1-4H3,(H,15,16,17). The Bertz CT molecular complexity index is 520. The van der Waals surface area contributed by atoms with Crippen LogP contribution in [0.3, 0.4) is 0 Å². The summed E-state index contributed by atoms with van der Waals surface area (Å²) in [5, 5.41) is 6.77. The zero-order valence-electron chi connectivity index (χ0n) is 11.7. The van der Waals surface area contributed by atoms with Gasteiger partial charge in [0.05, 0.1) is 0 Å². The van der Waals surface area contributed by atoms with Crippen LogP contribution in [0.15, 0.2) is 22.9 Å². The first-order chi connectivity index (χ1) is 9.06. The van der Waals surface area contributed by atoms with Gasteiger partial charge >= 0.3 is 6.01 Å². The van der Waals surface area contributed by atoms with Crippen molar-refractivity contribution in [2.75, 3.05) is 17.3 Å². The molecule has 0 saturated carbocycles. The SMILES string of the molecule is Cc1noc(NCc2ccc(N(C)C(C)C)nc2)n1. The third-order valence-corrected chi connectivity index (χ3v) is 2.92. The third-order valence-electron chi connectivity index (χ3n) is 2.92. The summed E-state index contributed by atoms with van der Waals surface area (Å²) >= 11 is 0.